The maximum absolute atomic E-state index is 9.20. The SMILES string of the molecule is CCC(C)CN(CC)c1c(C)cccc1C#N. The molecule has 0 N–H and O–H groups in total. The van der Waals surface area contributed by atoms with Crippen molar-refractivity contribution >= 4 is 5.69 Å². The fourth-order valence-corrected chi connectivity index (χ4v) is 2.05. The van der Waals surface area contributed by atoms with Gasteiger partial charge in [-0.3, -0.25) is 0 Å². The van der Waals surface area contributed by atoms with Crippen molar-refractivity contribution in [1.29, 1.82) is 5.26 Å². The van der Waals surface area contributed by atoms with Gasteiger partial charge < -0.3 is 4.90 Å². The van der Waals surface area contributed by atoms with E-state index in [-0.39, 0.29) is 0 Å². The molecule has 0 aromatic heterocycles. The van der Waals surface area contributed by atoms with E-state index in [1.165, 1.54) is 12.0 Å². The summed E-state index contributed by atoms with van der Waals surface area (Å²) < 4.78 is 0. The zero-order valence-electron chi connectivity index (χ0n) is 11.3. The van der Waals surface area contributed by atoms with Crippen LogP contribution in [0, 0.1) is 24.2 Å². The van der Waals surface area contributed by atoms with Gasteiger partial charge in [-0.05, 0) is 31.4 Å². The maximum Gasteiger partial charge on any atom is 0.101 e. The molecule has 0 spiro atoms. The average molecular weight is 230 g/mol. The molecule has 0 amide bonds. The molecule has 17 heavy (non-hydrogen) atoms. The predicted molar refractivity (Wildman–Crippen MR) is 73.2 cm³/mol. The van der Waals surface area contributed by atoms with Gasteiger partial charge >= 0.3 is 0 Å². The van der Waals surface area contributed by atoms with Crippen molar-refractivity contribution in [3.63, 3.8) is 0 Å². The van der Waals surface area contributed by atoms with E-state index in [0.717, 1.165) is 24.3 Å². The summed E-state index contributed by atoms with van der Waals surface area (Å²) in [5.41, 5.74) is 3.09. The Morgan fingerprint density at radius 2 is 2.06 bits per heavy atom. The van der Waals surface area contributed by atoms with Gasteiger partial charge in [0, 0.05) is 13.1 Å². The Labute approximate surface area is 105 Å². The van der Waals surface area contributed by atoms with Crippen molar-refractivity contribution in [2.45, 2.75) is 34.1 Å². The Balaban J connectivity index is 3.07. The highest BCUT2D eigenvalue weighted by Gasteiger charge is 2.14. The Hall–Kier alpha value is -1.49. The second kappa shape index (κ2) is 6.30. The first kappa shape index (κ1) is 13.6. The van der Waals surface area contributed by atoms with Crippen LogP contribution in [0.25, 0.3) is 0 Å². The standard InChI is InChI=1S/C15H22N2/c1-5-12(3)11-17(6-2)15-13(4)8-7-9-14(15)10-16/h7-9,12H,5-6,11H2,1-4H3. The van der Waals surface area contributed by atoms with E-state index in [9.17, 15) is 5.26 Å². The van der Waals surface area contributed by atoms with Crippen molar-refractivity contribution in [2.75, 3.05) is 18.0 Å². The lowest BCUT2D eigenvalue weighted by molar-refractivity contribution is 0.547. The minimum absolute atomic E-state index is 0.654. The molecule has 1 aromatic rings. The summed E-state index contributed by atoms with van der Waals surface area (Å²) in [6, 6.07) is 8.24. The van der Waals surface area contributed by atoms with Crippen LogP contribution in [0.3, 0.4) is 0 Å². The third-order valence-electron chi connectivity index (χ3n) is 3.29. The van der Waals surface area contributed by atoms with Crippen molar-refractivity contribution in [3.05, 3.63) is 29.3 Å². The van der Waals surface area contributed by atoms with Gasteiger partial charge in [-0.15, -0.1) is 0 Å². The normalized spacial score (nSPS) is 11.9. The minimum atomic E-state index is 0.654. The molecular formula is C15H22N2. The molecule has 0 radical (unpaired) electrons. The third-order valence-corrected chi connectivity index (χ3v) is 3.29. The van der Waals surface area contributed by atoms with Gasteiger partial charge in [0.2, 0.25) is 0 Å². The van der Waals surface area contributed by atoms with Crippen molar-refractivity contribution < 1.29 is 0 Å². The number of para-hydroxylation sites is 1. The summed E-state index contributed by atoms with van der Waals surface area (Å²) in [6.45, 7) is 10.7. The van der Waals surface area contributed by atoms with E-state index in [2.05, 4.69) is 44.7 Å². The summed E-state index contributed by atoms with van der Waals surface area (Å²) in [7, 11) is 0. The van der Waals surface area contributed by atoms with Crippen LogP contribution in [-0.2, 0) is 0 Å². The van der Waals surface area contributed by atoms with Crippen molar-refractivity contribution in [2.24, 2.45) is 5.92 Å². The molecule has 1 aromatic carbocycles. The predicted octanol–water partition coefficient (Wildman–Crippen LogP) is 3.74. The third kappa shape index (κ3) is 3.23. The van der Waals surface area contributed by atoms with E-state index in [0.29, 0.717) is 5.92 Å². The van der Waals surface area contributed by atoms with Crippen LogP contribution in [0.2, 0.25) is 0 Å². The number of nitriles is 1. The second-order valence-electron chi connectivity index (χ2n) is 4.63. The van der Waals surface area contributed by atoms with Crippen LogP contribution in [-0.4, -0.2) is 13.1 Å². The first-order valence-electron chi connectivity index (χ1n) is 6.38. The average Bonchev–Trinajstić information content (AvgIpc) is 2.35. The van der Waals surface area contributed by atoms with Crippen LogP contribution >= 0.6 is 0 Å². The summed E-state index contributed by atoms with van der Waals surface area (Å²) in [4.78, 5) is 2.32. The minimum Gasteiger partial charge on any atom is -0.370 e. The topological polar surface area (TPSA) is 27.0 Å². The number of aryl methyl sites for hydroxylation is 1. The molecule has 0 heterocycles. The zero-order valence-corrected chi connectivity index (χ0v) is 11.3. The highest BCUT2D eigenvalue weighted by atomic mass is 15.1. The monoisotopic (exact) mass is 230 g/mol. The number of nitrogens with zero attached hydrogens (tertiary/aromatic N) is 2. The summed E-state index contributed by atoms with van der Waals surface area (Å²) in [5, 5.41) is 9.20. The summed E-state index contributed by atoms with van der Waals surface area (Å²) in [5.74, 6) is 0.654. The Morgan fingerprint density at radius 3 is 2.59 bits per heavy atom. The fraction of sp³-hybridized carbons (Fsp3) is 0.533. The highest BCUT2D eigenvalue weighted by Crippen LogP contribution is 2.25. The zero-order chi connectivity index (χ0) is 12.8. The lowest BCUT2D eigenvalue weighted by Crippen LogP contribution is -2.29. The summed E-state index contributed by atoms with van der Waals surface area (Å²) >= 11 is 0. The van der Waals surface area contributed by atoms with Gasteiger partial charge in [0.25, 0.3) is 0 Å². The number of hydrogen-bond donors (Lipinski definition) is 0. The largest absolute Gasteiger partial charge is 0.370 e. The van der Waals surface area contributed by atoms with E-state index < -0.39 is 0 Å². The molecule has 1 atom stereocenters. The molecule has 0 saturated heterocycles. The van der Waals surface area contributed by atoms with Crippen LogP contribution in [0.15, 0.2) is 18.2 Å². The van der Waals surface area contributed by atoms with Gasteiger partial charge in [0.15, 0.2) is 0 Å². The number of rotatable bonds is 5. The summed E-state index contributed by atoms with van der Waals surface area (Å²) in [6.07, 6.45) is 1.17. The molecule has 0 aliphatic carbocycles. The van der Waals surface area contributed by atoms with Gasteiger partial charge in [-0.25, -0.2) is 0 Å². The molecule has 1 unspecified atom stereocenters. The molecule has 0 fully saturated rings. The van der Waals surface area contributed by atoms with Gasteiger partial charge in [0.1, 0.15) is 6.07 Å². The number of benzene rings is 1. The molecule has 0 aliphatic heterocycles. The van der Waals surface area contributed by atoms with E-state index in [1.54, 1.807) is 0 Å². The molecule has 0 saturated carbocycles. The lowest BCUT2D eigenvalue weighted by Gasteiger charge is -2.28. The molecule has 1 rings (SSSR count). The molecular weight excluding hydrogens is 208 g/mol. The first-order chi connectivity index (χ1) is 8.13. The van der Waals surface area contributed by atoms with Crippen LogP contribution in [0.5, 0.6) is 0 Å². The molecule has 0 aliphatic rings. The Bertz CT molecular complexity index is 404. The van der Waals surface area contributed by atoms with E-state index >= 15 is 0 Å². The lowest BCUT2D eigenvalue weighted by atomic mass is 10.0. The fourth-order valence-electron chi connectivity index (χ4n) is 2.05. The molecule has 0 bridgehead atoms. The smallest absolute Gasteiger partial charge is 0.101 e. The van der Waals surface area contributed by atoms with Crippen LogP contribution in [0.4, 0.5) is 5.69 Å². The first-order valence-corrected chi connectivity index (χ1v) is 6.38. The second-order valence-corrected chi connectivity index (χ2v) is 4.63. The highest BCUT2D eigenvalue weighted by molar-refractivity contribution is 5.63. The van der Waals surface area contributed by atoms with Crippen molar-refractivity contribution in [1.82, 2.24) is 0 Å². The quantitative estimate of drug-likeness (QED) is 0.770. The van der Waals surface area contributed by atoms with Crippen molar-refractivity contribution in [3.8, 4) is 6.07 Å². The molecule has 2 nitrogen and oxygen atoms in total. The molecule has 2 heteroatoms. The van der Waals surface area contributed by atoms with Gasteiger partial charge in [-0.2, -0.15) is 5.26 Å². The van der Waals surface area contributed by atoms with Gasteiger partial charge in [-0.1, -0.05) is 32.4 Å². The van der Waals surface area contributed by atoms with Crippen LogP contribution < -0.4 is 4.90 Å². The van der Waals surface area contributed by atoms with E-state index in [4.69, 9.17) is 0 Å². The maximum atomic E-state index is 9.20. The number of hydrogen-bond acceptors (Lipinski definition) is 2. The number of anilines is 1. The molecule has 92 valence electrons. The van der Waals surface area contributed by atoms with Crippen LogP contribution in [0.1, 0.15) is 38.3 Å². The van der Waals surface area contributed by atoms with E-state index in [1.807, 2.05) is 12.1 Å². The Morgan fingerprint density at radius 1 is 1.35 bits per heavy atom. The Kier molecular flexibility index (Phi) is 5.03. The van der Waals surface area contributed by atoms with Gasteiger partial charge in [0.05, 0.1) is 11.3 Å².